The van der Waals surface area contributed by atoms with Crippen LogP contribution in [0.15, 0.2) is 78.9 Å². The summed E-state index contributed by atoms with van der Waals surface area (Å²) in [5.41, 5.74) is 2.43. The second-order valence-corrected chi connectivity index (χ2v) is 9.64. The van der Waals surface area contributed by atoms with Gasteiger partial charge in [-0.2, -0.15) is 0 Å². The molecule has 2 atom stereocenters. The zero-order valence-electron chi connectivity index (χ0n) is 19.9. The molecule has 0 unspecified atom stereocenters. The van der Waals surface area contributed by atoms with Crippen LogP contribution >= 0.6 is 23.2 Å². The average molecular weight is 541 g/mol. The van der Waals surface area contributed by atoms with E-state index < -0.39 is 30.6 Å². The number of carbonyl (C=O) groups is 3. The Morgan fingerprint density at radius 2 is 1.68 bits per heavy atom. The topological polar surface area (TPSA) is 87.1 Å². The van der Waals surface area contributed by atoms with E-state index in [9.17, 15) is 19.5 Å². The maximum atomic E-state index is 13.8. The van der Waals surface area contributed by atoms with E-state index in [2.05, 4.69) is 0 Å². The van der Waals surface area contributed by atoms with Crippen LogP contribution in [0.25, 0.3) is 0 Å². The van der Waals surface area contributed by atoms with Gasteiger partial charge in [-0.3, -0.25) is 14.4 Å². The van der Waals surface area contributed by atoms with Crippen molar-refractivity contribution in [2.75, 3.05) is 19.7 Å². The molecule has 0 bridgehead atoms. The van der Waals surface area contributed by atoms with Crippen LogP contribution in [0.3, 0.4) is 0 Å². The first-order valence-corrected chi connectivity index (χ1v) is 12.5. The summed E-state index contributed by atoms with van der Waals surface area (Å²) in [4.78, 5) is 41.4. The van der Waals surface area contributed by atoms with Crippen LogP contribution in [0, 0.1) is 0 Å². The summed E-state index contributed by atoms with van der Waals surface area (Å²) in [7, 11) is 0. The zero-order chi connectivity index (χ0) is 26.4. The first-order valence-electron chi connectivity index (χ1n) is 11.8. The number of carboxylic acid groups (broad SMARTS) is 1. The maximum absolute atomic E-state index is 13.8. The average Bonchev–Trinajstić information content (AvgIpc) is 2.88. The molecule has 9 heteroatoms. The summed E-state index contributed by atoms with van der Waals surface area (Å²) in [5, 5.41) is 10.7. The number of aliphatic carboxylic acids is 1. The third-order valence-electron chi connectivity index (χ3n) is 6.18. The highest BCUT2D eigenvalue weighted by atomic mass is 35.5. The Kier molecular flexibility index (Phi) is 8.82. The van der Waals surface area contributed by atoms with Crippen molar-refractivity contribution < 1.29 is 24.2 Å². The summed E-state index contributed by atoms with van der Waals surface area (Å²) in [5.74, 6) is -1.90. The van der Waals surface area contributed by atoms with Gasteiger partial charge in [-0.1, -0.05) is 77.8 Å². The highest BCUT2D eigenvalue weighted by Crippen LogP contribution is 2.33. The van der Waals surface area contributed by atoms with E-state index in [0.29, 0.717) is 22.0 Å². The highest BCUT2D eigenvalue weighted by Gasteiger charge is 2.43. The standard InChI is InChI=1S/C28H26Cl2N2O5/c29-22-11-9-19(10-12-22)13-14-31(17-25(34)35)28(36)27-26(21-6-2-1-3-7-21)32(24(33)18-37-27)16-20-5-4-8-23(30)15-20/h1-12,15,26-27H,13-14,16-18H2,(H,34,35)/t26-,27+/m1/s1. The molecule has 4 rings (SSSR count). The lowest BCUT2D eigenvalue weighted by Crippen LogP contribution is -2.55. The Labute approximate surface area is 225 Å². The molecule has 0 saturated carbocycles. The van der Waals surface area contributed by atoms with E-state index in [1.165, 1.54) is 4.90 Å². The molecule has 3 aromatic carbocycles. The van der Waals surface area contributed by atoms with Gasteiger partial charge in [-0.15, -0.1) is 0 Å². The zero-order valence-corrected chi connectivity index (χ0v) is 21.4. The van der Waals surface area contributed by atoms with Crippen molar-refractivity contribution in [2.45, 2.75) is 25.1 Å². The van der Waals surface area contributed by atoms with Crippen molar-refractivity contribution in [3.8, 4) is 0 Å². The van der Waals surface area contributed by atoms with Crippen molar-refractivity contribution in [3.05, 3.63) is 106 Å². The SMILES string of the molecule is O=C(O)CN(CCc1ccc(Cl)cc1)C(=O)[C@H]1OCC(=O)N(Cc2cccc(Cl)c2)[C@@H]1c1ccccc1. The van der Waals surface area contributed by atoms with Crippen molar-refractivity contribution in [1.82, 2.24) is 9.80 Å². The summed E-state index contributed by atoms with van der Waals surface area (Å²) in [6, 6.07) is 22.7. The van der Waals surface area contributed by atoms with E-state index in [1.807, 2.05) is 48.5 Å². The van der Waals surface area contributed by atoms with E-state index in [1.54, 1.807) is 35.2 Å². The molecule has 0 aliphatic carbocycles. The molecule has 3 aromatic rings. The van der Waals surface area contributed by atoms with Crippen LogP contribution in [0.2, 0.25) is 10.0 Å². The molecule has 7 nitrogen and oxygen atoms in total. The number of amides is 2. The summed E-state index contributed by atoms with van der Waals surface area (Å²) in [6.45, 7) is -0.402. The van der Waals surface area contributed by atoms with Crippen LogP contribution in [0.5, 0.6) is 0 Å². The number of hydrogen-bond donors (Lipinski definition) is 1. The molecule has 2 amide bonds. The van der Waals surface area contributed by atoms with Crippen LogP contribution < -0.4 is 0 Å². The molecule has 1 N–H and O–H groups in total. The summed E-state index contributed by atoms with van der Waals surface area (Å²) >= 11 is 12.1. The van der Waals surface area contributed by atoms with Gasteiger partial charge >= 0.3 is 5.97 Å². The number of ether oxygens (including phenoxy) is 1. The van der Waals surface area contributed by atoms with Gasteiger partial charge in [0.05, 0.1) is 6.04 Å². The van der Waals surface area contributed by atoms with Crippen LogP contribution in [0.4, 0.5) is 0 Å². The number of carbonyl (C=O) groups excluding carboxylic acids is 2. The van der Waals surface area contributed by atoms with Crippen molar-refractivity contribution in [1.29, 1.82) is 0 Å². The van der Waals surface area contributed by atoms with Crippen LogP contribution in [-0.2, 0) is 32.1 Å². The molecule has 1 aliphatic rings. The number of carboxylic acids is 1. The number of rotatable bonds is 9. The number of hydrogen-bond acceptors (Lipinski definition) is 4. The minimum absolute atomic E-state index is 0.163. The normalized spacial score (nSPS) is 17.5. The van der Waals surface area contributed by atoms with Gasteiger partial charge < -0.3 is 19.6 Å². The molecule has 0 aromatic heterocycles. The van der Waals surface area contributed by atoms with Crippen molar-refractivity contribution in [3.63, 3.8) is 0 Å². The Morgan fingerprint density at radius 1 is 0.946 bits per heavy atom. The minimum atomic E-state index is -1.14. The fourth-order valence-electron chi connectivity index (χ4n) is 4.41. The Bertz CT molecular complexity index is 1250. The molecule has 1 aliphatic heterocycles. The minimum Gasteiger partial charge on any atom is -0.480 e. The number of halogens is 2. The van der Waals surface area contributed by atoms with Crippen molar-refractivity contribution >= 4 is 41.0 Å². The first kappa shape index (κ1) is 26.7. The molecule has 0 radical (unpaired) electrons. The maximum Gasteiger partial charge on any atom is 0.323 e. The van der Waals surface area contributed by atoms with E-state index >= 15 is 0 Å². The molecule has 37 heavy (non-hydrogen) atoms. The summed E-state index contributed by atoms with van der Waals surface area (Å²) in [6.07, 6.45) is -0.645. The second kappa shape index (κ2) is 12.2. The molecule has 1 fully saturated rings. The van der Waals surface area contributed by atoms with Gasteiger partial charge in [0.2, 0.25) is 5.91 Å². The van der Waals surface area contributed by atoms with Gasteiger partial charge in [-0.05, 0) is 47.4 Å². The van der Waals surface area contributed by atoms with Crippen LogP contribution in [-0.4, -0.2) is 58.5 Å². The Hall–Kier alpha value is -3.39. The largest absolute Gasteiger partial charge is 0.480 e. The molecule has 0 spiro atoms. The highest BCUT2D eigenvalue weighted by molar-refractivity contribution is 6.30. The monoisotopic (exact) mass is 540 g/mol. The lowest BCUT2D eigenvalue weighted by atomic mass is 9.95. The molecule has 1 heterocycles. The molecule has 1 saturated heterocycles. The fourth-order valence-corrected chi connectivity index (χ4v) is 4.75. The first-order chi connectivity index (χ1) is 17.8. The van der Waals surface area contributed by atoms with Crippen LogP contribution in [0.1, 0.15) is 22.7 Å². The number of nitrogens with zero attached hydrogens (tertiary/aromatic N) is 2. The third kappa shape index (κ3) is 6.89. The van der Waals surface area contributed by atoms with Gasteiger partial charge in [0.1, 0.15) is 13.2 Å². The van der Waals surface area contributed by atoms with E-state index in [-0.39, 0.29) is 25.6 Å². The van der Waals surface area contributed by atoms with Gasteiger partial charge in [0.25, 0.3) is 5.91 Å². The quantitative estimate of drug-likeness (QED) is 0.428. The number of morpholine rings is 1. The predicted molar refractivity (Wildman–Crippen MR) is 140 cm³/mol. The molecular weight excluding hydrogens is 515 g/mol. The second-order valence-electron chi connectivity index (χ2n) is 8.77. The Morgan fingerprint density at radius 3 is 2.35 bits per heavy atom. The smallest absolute Gasteiger partial charge is 0.323 e. The molecule has 192 valence electrons. The van der Waals surface area contributed by atoms with Crippen molar-refractivity contribution in [2.24, 2.45) is 0 Å². The fraction of sp³-hybridized carbons (Fsp3) is 0.250. The van der Waals surface area contributed by atoms with Gasteiger partial charge in [-0.25, -0.2) is 0 Å². The van der Waals surface area contributed by atoms with Gasteiger partial charge in [0, 0.05) is 23.1 Å². The molecular formula is C28H26Cl2N2O5. The lowest BCUT2D eigenvalue weighted by molar-refractivity contribution is -0.171. The van der Waals surface area contributed by atoms with E-state index in [4.69, 9.17) is 27.9 Å². The number of benzene rings is 3. The van der Waals surface area contributed by atoms with E-state index in [0.717, 1.165) is 11.1 Å². The third-order valence-corrected chi connectivity index (χ3v) is 6.66. The van der Waals surface area contributed by atoms with Gasteiger partial charge in [0.15, 0.2) is 6.10 Å². The Balaban J connectivity index is 1.64. The lowest BCUT2D eigenvalue weighted by Gasteiger charge is -2.42. The summed E-state index contributed by atoms with van der Waals surface area (Å²) < 4.78 is 5.82. The predicted octanol–water partition coefficient (Wildman–Crippen LogP) is 4.62.